The number of anilines is 1. The largest absolute Gasteiger partial charge is 0.326 e. The Bertz CT molecular complexity index is 1210. The van der Waals surface area contributed by atoms with E-state index in [0.717, 1.165) is 22.6 Å². The zero-order valence-corrected chi connectivity index (χ0v) is 15.5. The van der Waals surface area contributed by atoms with E-state index in [0.29, 0.717) is 16.3 Å². The predicted octanol–water partition coefficient (Wildman–Crippen LogP) is 4.71. The predicted molar refractivity (Wildman–Crippen MR) is 109 cm³/mol. The summed E-state index contributed by atoms with van der Waals surface area (Å²) in [5, 5.41) is 12.5. The molecule has 0 aliphatic heterocycles. The lowest BCUT2D eigenvalue weighted by atomic mass is 10.1. The van der Waals surface area contributed by atoms with Gasteiger partial charge in [0.1, 0.15) is 5.65 Å². The van der Waals surface area contributed by atoms with Crippen LogP contribution in [0.5, 0.6) is 0 Å². The number of carbonyl (C=O) groups excluding carboxylic acids is 1. The molecule has 136 valence electrons. The number of benzene rings is 2. The van der Waals surface area contributed by atoms with Crippen molar-refractivity contribution in [2.75, 3.05) is 5.32 Å². The average molecular weight is 387 g/mol. The second kappa shape index (κ2) is 7.55. The third-order valence-corrected chi connectivity index (χ3v) is 4.60. The van der Waals surface area contributed by atoms with E-state index in [-0.39, 0.29) is 12.3 Å². The van der Waals surface area contributed by atoms with Gasteiger partial charge in [0.25, 0.3) is 0 Å². The molecular weight excluding hydrogens is 372 g/mol. The molecule has 0 unspecified atom stereocenters. The summed E-state index contributed by atoms with van der Waals surface area (Å²) < 4.78 is 1.91. The van der Waals surface area contributed by atoms with E-state index in [9.17, 15) is 4.79 Å². The molecule has 0 saturated carbocycles. The molecule has 5 nitrogen and oxygen atoms in total. The van der Waals surface area contributed by atoms with Crippen LogP contribution >= 0.6 is 11.6 Å². The van der Waals surface area contributed by atoms with Gasteiger partial charge < -0.3 is 9.72 Å². The summed E-state index contributed by atoms with van der Waals surface area (Å²) >= 11 is 6.00. The van der Waals surface area contributed by atoms with E-state index in [4.69, 9.17) is 21.8 Å². The SMILES string of the molecule is N#Cc1cccc(NC(=O)Cc2c(-c3ccc(Cl)cc3)nc3ccccn23)c1. The molecule has 0 atom stereocenters. The van der Waals surface area contributed by atoms with Crippen LogP contribution in [0, 0.1) is 11.3 Å². The van der Waals surface area contributed by atoms with Gasteiger partial charge in [-0.1, -0.05) is 35.9 Å². The first kappa shape index (κ1) is 17.8. The van der Waals surface area contributed by atoms with Crippen LogP contribution in [-0.2, 0) is 11.2 Å². The molecule has 4 rings (SSSR count). The number of nitrogens with one attached hydrogen (secondary N) is 1. The number of rotatable bonds is 4. The molecule has 28 heavy (non-hydrogen) atoms. The maximum atomic E-state index is 12.7. The van der Waals surface area contributed by atoms with Crippen LogP contribution in [0.2, 0.25) is 5.02 Å². The molecule has 0 aliphatic rings. The third-order valence-electron chi connectivity index (χ3n) is 4.35. The Labute approximate surface area is 166 Å². The van der Waals surface area contributed by atoms with Crippen molar-refractivity contribution >= 4 is 28.8 Å². The minimum absolute atomic E-state index is 0.139. The number of imidazole rings is 1. The first-order chi connectivity index (χ1) is 13.6. The summed E-state index contributed by atoms with van der Waals surface area (Å²) in [5.74, 6) is -0.184. The van der Waals surface area contributed by atoms with Crippen LogP contribution in [0.4, 0.5) is 5.69 Å². The quantitative estimate of drug-likeness (QED) is 0.552. The van der Waals surface area contributed by atoms with Crippen LogP contribution in [0.25, 0.3) is 16.9 Å². The average Bonchev–Trinajstić information content (AvgIpc) is 3.07. The number of carbonyl (C=O) groups is 1. The summed E-state index contributed by atoms with van der Waals surface area (Å²) in [6.07, 6.45) is 2.03. The highest BCUT2D eigenvalue weighted by molar-refractivity contribution is 6.30. The van der Waals surface area contributed by atoms with Gasteiger partial charge in [-0.15, -0.1) is 0 Å². The van der Waals surface area contributed by atoms with E-state index in [1.54, 1.807) is 36.4 Å². The van der Waals surface area contributed by atoms with E-state index in [2.05, 4.69) is 11.4 Å². The molecule has 0 bridgehead atoms. The van der Waals surface area contributed by atoms with E-state index in [1.165, 1.54) is 0 Å². The maximum absolute atomic E-state index is 12.7. The van der Waals surface area contributed by atoms with Gasteiger partial charge >= 0.3 is 0 Å². The van der Waals surface area contributed by atoms with Crippen molar-refractivity contribution in [2.24, 2.45) is 0 Å². The molecule has 1 N–H and O–H groups in total. The van der Waals surface area contributed by atoms with Gasteiger partial charge in [-0.3, -0.25) is 4.79 Å². The number of pyridine rings is 1. The molecule has 0 spiro atoms. The lowest BCUT2D eigenvalue weighted by molar-refractivity contribution is -0.115. The van der Waals surface area contributed by atoms with E-state index < -0.39 is 0 Å². The molecule has 2 aromatic heterocycles. The van der Waals surface area contributed by atoms with Crippen LogP contribution in [0.1, 0.15) is 11.3 Å². The van der Waals surface area contributed by atoms with Gasteiger partial charge in [0.15, 0.2) is 0 Å². The normalized spacial score (nSPS) is 10.6. The van der Waals surface area contributed by atoms with Gasteiger partial charge in [0.05, 0.1) is 29.4 Å². The number of hydrogen-bond donors (Lipinski definition) is 1. The first-order valence-corrected chi connectivity index (χ1v) is 9.04. The van der Waals surface area contributed by atoms with Gasteiger partial charge in [0, 0.05) is 22.5 Å². The van der Waals surface area contributed by atoms with Crippen molar-refractivity contribution in [3.63, 3.8) is 0 Å². The summed E-state index contributed by atoms with van der Waals surface area (Å²) in [4.78, 5) is 17.4. The number of fused-ring (bicyclic) bond motifs is 1. The molecule has 1 amide bonds. The molecule has 0 aliphatic carbocycles. The van der Waals surface area contributed by atoms with Crippen molar-refractivity contribution in [1.82, 2.24) is 9.38 Å². The number of nitriles is 1. The summed E-state index contributed by atoms with van der Waals surface area (Å²) in [7, 11) is 0. The number of halogens is 1. The fourth-order valence-corrected chi connectivity index (χ4v) is 3.20. The Kier molecular flexibility index (Phi) is 4.79. The highest BCUT2D eigenvalue weighted by Crippen LogP contribution is 2.26. The maximum Gasteiger partial charge on any atom is 0.230 e. The highest BCUT2D eigenvalue weighted by Gasteiger charge is 2.17. The molecule has 2 heterocycles. The molecule has 2 aromatic carbocycles. The van der Waals surface area contributed by atoms with Gasteiger partial charge in [-0.25, -0.2) is 4.98 Å². The third kappa shape index (κ3) is 3.59. The minimum atomic E-state index is -0.184. The smallest absolute Gasteiger partial charge is 0.230 e. The Morgan fingerprint density at radius 1 is 1.11 bits per heavy atom. The Balaban J connectivity index is 1.69. The minimum Gasteiger partial charge on any atom is -0.326 e. The number of nitrogens with zero attached hydrogens (tertiary/aromatic N) is 3. The summed E-state index contributed by atoms with van der Waals surface area (Å²) in [5.41, 5.74) is 4.26. The number of hydrogen-bond acceptors (Lipinski definition) is 3. The van der Waals surface area contributed by atoms with Crippen molar-refractivity contribution in [1.29, 1.82) is 5.26 Å². The monoisotopic (exact) mass is 386 g/mol. The highest BCUT2D eigenvalue weighted by atomic mass is 35.5. The molecule has 4 aromatic rings. The number of aromatic nitrogens is 2. The Morgan fingerprint density at radius 3 is 2.71 bits per heavy atom. The second-order valence-electron chi connectivity index (χ2n) is 6.26. The van der Waals surface area contributed by atoms with Crippen LogP contribution in [0.3, 0.4) is 0 Å². The molecular formula is C22H15ClN4O. The summed E-state index contributed by atoms with van der Waals surface area (Å²) in [6, 6.07) is 22.0. The van der Waals surface area contributed by atoms with Crippen molar-refractivity contribution in [3.8, 4) is 17.3 Å². The standard InChI is InChI=1S/C22H15ClN4O/c23-17-9-7-16(8-10-17)22-19(27-11-2-1-6-20(27)26-22)13-21(28)25-18-5-3-4-15(12-18)14-24/h1-12H,13H2,(H,25,28). The fraction of sp³-hybridized carbons (Fsp3) is 0.0455. The first-order valence-electron chi connectivity index (χ1n) is 8.66. The van der Waals surface area contributed by atoms with Crippen molar-refractivity contribution < 1.29 is 4.79 Å². The molecule has 6 heteroatoms. The molecule has 0 fully saturated rings. The van der Waals surface area contributed by atoms with Gasteiger partial charge in [-0.2, -0.15) is 5.26 Å². The fourth-order valence-electron chi connectivity index (χ4n) is 3.08. The topological polar surface area (TPSA) is 70.2 Å². The lowest BCUT2D eigenvalue weighted by Crippen LogP contribution is -2.16. The van der Waals surface area contributed by atoms with Crippen LogP contribution < -0.4 is 5.32 Å². The zero-order chi connectivity index (χ0) is 19.5. The number of amides is 1. The molecule has 0 saturated heterocycles. The van der Waals surface area contributed by atoms with Crippen LogP contribution in [0.15, 0.2) is 72.9 Å². The van der Waals surface area contributed by atoms with Crippen molar-refractivity contribution in [3.05, 3.63) is 89.2 Å². The summed E-state index contributed by atoms with van der Waals surface area (Å²) in [6.45, 7) is 0. The molecule has 0 radical (unpaired) electrons. The van der Waals surface area contributed by atoms with Crippen molar-refractivity contribution in [2.45, 2.75) is 6.42 Å². The Hall–Kier alpha value is -3.62. The lowest BCUT2D eigenvalue weighted by Gasteiger charge is -2.08. The zero-order valence-electron chi connectivity index (χ0n) is 14.8. The van der Waals surface area contributed by atoms with Gasteiger partial charge in [0.2, 0.25) is 5.91 Å². The van der Waals surface area contributed by atoms with E-state index >= 15 is 0 Å². The van der Waals surface area contributed by atoms with E-state index in [1.807, 2.05) is 40.9 Å². The second-order valence-corrected chi connectivity index (χ2v) is 6.70. The van der Waals surface area contributed by atoms with Gasteiger partial charge in [-0.05, 0) is 42.5 Å². The Morgan fingerprint density at radius 2 is 1.93 bits per heavy atom. The van der Waals surface area contributed by atoms with Crippen LogP contribution in [-0.4, -0.2) is 15.3 Å².